The van der Waals surface area contributed by atoms with E-state index in [1.807, 2.05) is 12.1 Å². The van der Waals surface area contributed by atoms with E-state index < -0.39 is 5.60 Å². The minimum Gasteiger partial charge on any atom is -0.497 e. The lowest BCUT2D eigenvalue weighted by atomic mass is 9.66. The maximum absolute atomic E-state index is 12.5. The molecule has 0 spiro atoms. The van der Waals surface area contributed by atoms with Crippen molar-refractivity contribution >= 4 is 5.91 Å². The van der Waals surface area contributed by atoms with E-state index in [0.717, 1.165) is 63.8 Å². The van der Waals surface area contributed by atoms with E-state index in [9.17, 15) is 9.90 Å². The molecule has 0 aromatic heterocycles. The highest BCUT2D eigenvalue weighted by molar-refractivity contribution is 5.78. The molecule has 1 aliphatic heterocycles. The van der Waals surface area contributed by atoms with Gasteiger partial charge in [-0.15, -0.1) is 0 Å². The molecule has 2 N–H and O–H groups in total. The molecule has 1 saturated heterocycles. The fourth-order valence-electron chi connectivity index (χ4n) is 4.81. The number of nitrogens with zero attached hydrogens (tertiary/aromatic N) is 1. The Kier molecular flexibility index (Phi) is 6.77. The number of piperidine rings is 1. The molecule has 0 radical (unpaired) electrons. The fraction of sp³-hybridized carbons (Fsp3) is 0.682. The largest absolute Gasteiger partial charge is 0.497 e. The number of carbonyl (C=O) groups is 1. The predicted octanol–water partition coefficient (Wildman–Crippen LogP) is 3.28. The lowest BCUT2D eigenvalue weighted by Crippen LogP contribution is -2.56. The molecule has 5 nitrogen and oxygen atoms in total. The summed E-state index contributed by atoms with van der Waals surface area (Å²) in [6.07, 6.45) is 6.98. The van der Waals surface area contributed by atoms with Crippen LogP contribution in [0.3, 0.4) is 0 Å². The Morgan fingerprint density at radius 3 is 2.78 bits per heavy atom. The number of fused-ring (bicyclic) bond motifs is 1. The second-order valence-electron chi connectivity index (χ2n) is 8.10. The standard InChI is InChI=1S/C22H34N2O3/c1-3-4-14-23-20(25)16-24-15-13-22(26)12-6-5-7-19(22)21(24)17-8-10-18(27-2)11-9-17/h8-11,19,21,26H,3-7,12-16H2,1-2H3,(H,23,25)/t19-,21-,22-/m0/s1. The predicted molar refractivity (Wildman–Crippen MR) is 107 cm³/mol. The molecule has 1 saturated carbocycles. The molecule has 3 atom stereocenters. The molecule has 3 rings (SSSR count). The van der Waals surface area contributed by atoms with Gasteiger partial charge in [-0.1, -0.05) is 38.3 Å². The topological polar surface area (TPSA) is 61.8 Å². The zero-order valence-corrected chi connectivity index (χ0v) is 16.7. The summed E-state index contributed by atoms with van der Waals surface area (Å²) >= 11 is 0. The van der Waals surface area contributed by atoms with E-state index in [0.29, 0.717) is 6.54 Å². The van der Waals surface area contributed by atoms with Gasteiger partial charge in [-0.2, -0.15) is 0 Å². The molecule has 1 aromatic rings. The maximum Gasteiger partial charge on any atom is 0.234 e. The van der Waals surface area contributed by atoms with Gasteiger partial charge in [-0.25, -0.2) is 0 Å². The zero-order chi connectivity index (χ0) is 19.3. The van der Waals surface area contributed by atoms with Gasteiger partial charge < -0.3 is 15.2 Å². The Balaban J connectivity index is 1.81. The number of benzene rings is 1. The Bertz CT molecular complexity index is 618. The van der Waals surface area contributed by atoms with Gasteiger partial charge in [0.2, 0.25) is 5.91 Å². The van der Waals surface area contributed by atoms with E-state index in [4.69, 9.17) is 4.74 Å². The van der Waals surface area contributed by atoms with Crippen LogP contribution in [0.15, 0.2) is 24.3 Å². The Labute approximate surface area is 163 Å². The number of rotatable bonds is 7. The molecular weight excluding hydrogens is 340 g/mol. The van der Waals surface area contributed by atoms with Crippen LogP contribution in [0, 0.1) is 5.92 Å². The van der Waals surface area contributed by atoms with Crippen molar-refractivity contribution in [2.24, 2.45) is 5.92 Å². The van der Waals surface area contributed by atoms with E-state index in [-0.39, 0.29) is 17.9 Å². The number of hydrogen-bond acceptors (Lipinski definition) is 4. The molecule has 1 aliphatic carbocycles. The SMILES string of the molecule is CCCCNC(=O)CN1CC[C@@]2(O)CCCC[C@H]2[C@@H]1c1ccc(OC)cc1. The molecule has 1 amide bonds. The lowest BCUT2D eigenvalue weighted by Gasteiger charge is -2.52. The molecule has 0 bridgehead atoms. The number of likely N-dealkylation sites (tertiary alicyclic amines) is 1. The van der Waals surface area contributed by atoms with Crippen LogP contribution in [-0.2, 0) is 4.79 Å². The first-order valence-electron chi connectivity index (χ1n) is 10.4. The van der Waals surface area contributed by atoms with E-state index in [2.05, 4.69) is 29.3 Å². The van der Waals surface area contributed by atoms with Crippen LogP contribution < -0.4 is 10.1 Å². The van der Waals surface area contributed by atoms with Crippen molar-refractivity contribution in [1.29, 1.82) is 0 Å². The molecular formula is C22H34N2O3. The molecule has 27 heavy (non-hydrogen) atoms. The smallest absolute Gasteiger partial charge is 0.234 e. The maximum atomic E-state index is 12.5. The first-order valence-corrected chi connectivity index (χ1v) is 10.4. The van der Waals surface area contributed by atoms with Crippen LogP contribution in [-0.4, -0.2) is 48.3 Å². The number of nitrogens with one attached hydrogen (secondary N) is 1. The van der Waals surface area contributed by atoms with Gasteiger partial charge >= 0.3 is 0 Å². The Morgan fingerprint density at radius 1 is 1.30 bits per heavy atom. The number of methoxy groups -OCH3 is 1. The van der Waals surface area contributed by atoms with Crippen molar-refractivity contribution in [1.82, 2.24) is 10.2 Å². The summed E-state index contributed by atoms with van der Waals surface area (Å²) in [7, 11) is 1.67. The van der Waals surface area contributed by atoms with Gasteiger partial charge in [0.05, 0.1) is 19.3 Å². The van der Waals surface area contributed by atoms with Crippen LogP contribution in [0.25, 0.3) is 0 Å². The third-order valence-corrected chi connectivity index (χ3v) is 6.33. The summed E-state index contributed by atoms with van der Waals surface area (Å²) < 4.78 is 5.30. The van der Waals surface area contributed by atoms with Crippen LogP contribution >= 0.6 is 0 Å². The van der Waals surface area contributed by atoms with Gasteiger partial charge in [0.25, 0.3) is 0 Å². The van der Waals surface area contributed by atoms with E-state index in [1.54, 1.807) is 7.11 Å². The second kappa shape index (κ2) is 9.07. The first-order chi connectivity index (χ1) is 13.1. The molecule has 5 heteroatoms. The van der Waals surface area contributed by atoms with Crippen molar-refractivity contribution in [3.63, 3.8) is 0 Å². The quantitative estimate of drug-likeness (QED) is 0.719. The Morgan fingerprint density at radius 2 is 2.07 bits per heavy atom. The fourth-order valence-corrected chi connectivity index (χ4v) is 4.81. The van der Waals surface area contributed by atoms with Crippen molar-refractivity contribution in [2.75, 3.05) is 26.7 Å². The van der Waals surface area contributed by atoms with Crippen LogP contribution in [0.4, 0.5) is 0 Å². The van der Waals surface area contributed by atoms with E-state index >= 15 is 0 Å². The zero-order valence-electron chi connectivity index (χ0n) is 16.7. The van der Waals surface area contributed by atoms with Crippen molar-refractivity contribution < 1.29 is 14.6 Å². The summed E-state index contributed by atoms with van der Waals surface area (Å²) in [4.78, 5) is 14.7. The number of carbonyl (C=O) groups excluding carboxylic acids is 1. The van der Waals surface area contributed by atoms with Gasteiger partial charge in [0.15, 0.2) is 0 Å². The molecule has 2 fully saturated rings. The summed E-state index contributed by atoms with van der Waals surface area (Å²) in [5.74, 6) is 1.09. The highest BCUT2D eigenvalue weighted by Crippen LogP contribution is 2.49. The molecule has 2 aliphatic rings. The molecule has 150 valence electrons. The third kappa shape index (κ3) is 4.64. The van der Waals surface area contributed by atoms with Gasteiger partial charge in [0.1, 0.15) is 5.75 Å². The van der Waals surface area contributed by atoms with Crippen LogP contribution in [0.1, 0.15) is 63.5 Å². The number of unbranched alkanes of at least 4 members (excludes halogenated alkanes) is 1. The third-order valence-electron chi connectivity index (χ3n) is 6.33. The lowest BCUT2D eigenvalue weighted by molar-refractivity contribution is -0.137. The minimum atomic E-state index is -0.599. The molecule has 1 heterocycles. The average molecular weight is 375 g/mol. The normalized spacial score (nSPS) is 28.4. The number of amides is 1. The van der Waals surface area contributed by atoms with E-state index in [1.165, 1.54) is 5.56 Å². The highest BCUT2D eigenvalue weighted by Gasteiger charge is 2.49. The summed E-state index contributed by atoms with van der Waals surface area (Å²) in [6.45, 7) is 4.02. The first kappa shape index (κ1) is 20.2. The number of aliphatic hydroxyl groups is 1. The van der Waals surface area contributed by atoms with Crippen molar-refractivity contribution in [3.05, 3.63) is 29.8 Å². The van der Waals surface area contributed by atoms with Crippen LogP contribution in [0.5, 0.6) is 5.75 Å². The van der Waals surface area contributed by atoms with Crippen molar-refractivity contribution in [3.8, 4) is 5.75 Å². The van der Waals surface area contributed by atoms with Gasteiger partial charge in [-0.3, -0.25) is 9.69 Å². The second-order valence-corrected chi connectivity index (χ2v) is 8.10. The van der Waals surface area contributed by atoms with Crippen LogP contribution in [0.2, 0.25) is 0 Å². The number of hydrogen-bond donors (Lipinski definition) is 2. The number of ether oxygens (including phenoxy) is 1. The van der Waals surface area contributed by atoms with Gasteiger partial charge in [0, 0.05) is 25.0 Å². The average Bonchev–Trinajstić information content (AvgIpc) is 2.68. The Hall–Kier alpha value is -1.59. The highest BCUT2D eigenvalue weighted by atomic mass is 16.5. The summed E-state index contributed by atoms with van der Waals surface area (Å²) in [5, 5.41) is 14.3. The molecule has 0 unspecified atom stereocenters. The summed E-state index contributed by atoms with van der Waals surface area (Å²) in [6, 6.07) is 8.21. The minimum absolute atomic E-state index is 0.0758. The monoisotopic (exact) mass is 374 g/mol. The summed E-state index contributed by atoms with van der Waals surface area (Å²) in [5.41, 5.74) is 0.570. The molecule has 1 aromatic carbocycles. The van der Waals surface area contributed by atoms with Gasteiger partial charge in [-0.05, 0) is 43.4 Å². The van der Waals surface area contributed by atoms with Crippen molar-refractivity contribution in [2.45, 2.75) is 63.5 Å².